The van der Waals surface area contributed by atoms with E-state index in [0.29, 0.717) is 24.2 Å². The van der Waals surface area contributed by atoms with E-state index in [1.165, 1.54) is 7.11 Å². The van der Waals surface area contributed by atoms with Crippen LogP contribution in [0.25, 0.3) is 0 Å². The van der Waals surface area contributed by atoms with E-state index < -0.39 is 11.9 Å². The molecule has 1 aromatic heterocycles. The van der Waals surface area contributed by atoms with Gasteiger partial charge in [0.25, 0.3) is 0 Å². The Bertz CT molecular complexity index is 1190. The largest absolute Gasteiger partial charge is 0.488 e. The second-order valence-electron chi connectivity index (χ2n) is 9.37. The Morgan fingerprint density at radius 1 is 1.24 bits per heavy atom. The Kier molecular flexibility index (Phi) is 6.56. The first-order valence-electron chi connectivity index (χ1n) is 10.9. The Morgan fingerprint density at radius 3 is 2.67 bits per heavy atom. The highest BCUT2D eigenvalue weighted by Crippen LogP contribution is 2.48. The number of Topliss-reactive ketones (excluding diaryl/α,β-unsaturated/α-hetero) is 1. The van der Waals surface area contributed by atoms with Crippen LogP contribution in [0, 0.1) is 12.3 Å². The number of methoxy groups -OCH3 is 1. The van der Waals surface area contributed by atoms with Gasteiger partial charge in [0.05, 0.1) is 23.1 Å². The molecule has 0 amide bonds. The van der Waals surface area contributed by atoms with E-state index in [1.807, 2.05) is 38.1 Å². The highest BCUT2D eigenvalue weighted by molar-refractivity contribution is 9.10. The predicted octanol–water partition coefficient (Wildman–Crippen LogP) is 6.18. The van der Waals surface area contributed by atoms with Crippen LogP contribution in [-0.4, -0.2) is 18.9 Å². The van der Waals surface area contributed by atoms with Crippen LogP contribution in [0.3, 0.4) is 0 Å². The van der Waals surface area contributed by atoms with Crippen molar-refractivity contribution in [3.05, 3.63) is 72.7 Å². The van der Waals surface area contributed by atoms with Crippen molar-refractivity contribution in [1.29, 1.82) is 0 Å². The van der Waals surface area contributed by atoms with E-state index in [2.05, 4.69) is 41.2 Å². The van der Waals surface area contributed by atoms with Crippen LogP contribution in [0.2, 0.25) is 0 Å². The number of nitrogens with one attached hydrogen (secondary N) is 1. The third kappa shape index (κ3) is 4.66. The third-order valence-electron chi connectivity index (χ3n) is 6.19. The van der Waals surface area contributed by atoms with E-state index in [1.54, 1.807) is 11.3 Å². The van der Waals surface area contributed by atoms with Crippen LogP contribution in [-0.2, 0) is 20.9 Å². The van der Waals surface area contributed by atoms with E-state index in [-0.39, 0.29) is 11.2 Å². The molecule has 2 aliphatic rings. The van der Waals surface area contributed by atoms with Crippen LogP contribution >= 0.6 is 27.3 Å². The lowest BCUT2D eigenvalue weighted by molar-refractivity contribution is -0.136. The van der Waals surface area contributed by atoms with Crippen molar-refractivity contribution in [2.24, 2.45) is 5.41 Å². The minimum absolute atomic E-state index is 0.0877. The van der Waals surface area contributed by atoms with Gasteiger partial charge in [-0.1, -0.05) is 26.0 Å². The molecule has 1 aromatic carbocycles. The van der Waals surface area contributed by atoms with Crippen molar-refractivity contribution < 1.29 is 19.1 Å². The van der Waals surface area contributed by atoms with Gasteiger partial charge in [0.15, 0.2) is 5.78 Å². The number of dihydropyridines is 1. The van der Waals surface area contributed by atoms with Gasteiger partial charge >= 0.3 is 5.97 Å². The summed E-state index contributed by atoms with van der Waals surface area (Å²) in [5.74, 6) is 0.0152. The molecule has 2 heterocycles. The molecule has 0 unspecified atom stereocenters. The second kappa shape index (κ2) is 9.11. The molecule has 0 spiro atoms. The fourth-order valence-corrected chi connectivity index (χ4v) is 6.21. The minimum atomic E-state index is -0.432. The number of carbonyl (C=O) groups is 2. The Labute approximate surface area is 207 Å². The molecule has 2 aromatic rings. The fourth-order valence-electron chi connectivity index (χ4n) is 4.65. The molecule has 33 heavy (non-hydrogen) atoms. The van der Waals surface area contributed by atoms with Crippen molar-refractivity contribution in [3.8, 4) is 5.75 Å². The van der Waals surface area contributed by atoms with Crippen molar-refractivity contribution >= 4 is 39.0 Å². The molecule has 1 aliphatic carbocycles. The van der Waals surface area contributed by atoms with Gasteiger partial charge in [-0.2, -0.15) is 0 Å². The number of esters is 1. The number of hydrogen-bond donors (Lipinski definition) is 1. The second-order valence-corrected chi connectivity index (χ2v) is 11.5. The van der Waals surface area contributed by atoms with Crippen LogP contribution in [0.4, 0.5) is 0 Å². The quantitative estimate of drug-likeness (QED) is 0.468. The summed E-state index contributed by atoms with van der Waals surface area (Å²) in [7, 11) is 1.38. The molecule has 1 aliphatic heterocycles. The number of benzene rings is 1. The maximum absolute atomic E-state index is 13.3. The lowest BCUT2D eigenvalue weighted by Crippen LogP contribution is -2.38. The summed E-state index contributed by atoms with van der Waals surface area (Å²) in [4.78, 5) is 28.2. The topological polar surface area (TPSA) is 64.6 Å². The number of carbonyl (C=O) groups excluding carboxylic acids is 2. The smallest absolute Gasteiger partial charge is 0.336 e. The average Bonchev–Trinajstić information content (AvgIpc) is 3.11. The maximum Gasteiger partial charge on any atom is 0.336 e. The molecule has 0 saturated carbocycles. The number of rotatable bonds is 5. The summed E-state index contributed by atoms with van der Waals surface area (Å²) < 4.78 is 12.1. The van der Waals surface area contributed by atoms with E-state index in [4.69, 9.17) is 9.47 Å². The summed E-state index contributed by atoms with van der Waals surface area (Å²) in [5, 5.41) is 3.36. The molecule has 0 fully saturated rings. The molecule has 5 nitrogen and oxygen atoms in total. The highest BCUT2D eigenvalue weighted by atomic mass is 79.9. The first kappa shape index (κ1) is 23.8. The third-order valence-corrected chi connectivity index (χ3v) is 8.00. The standard InChI is InChI=1S/C26H28BrNO4S/c1-14-22(25(30)31-5)24(23-18(28-14)11-26(3,4)12-19(23)29)21-10-16(15(2)33-21)13-32-20-9-7-6-8-17(20)27/h6-10,24,28H,11-13H2,1-5H3/t24-/m1/s1. The van der Waals surface area contributed by atoms with Gasteiger partial charge in [0, 0.05) is 38.7 Å². The van der Waals surface area contributed by atoms with E-state index in [9.17, 15) is 9.59 Å². The number of aryl methyl sites for hydroxylation is 1. The minimum Gasteiger partial charge on any atom is -0.488 e. The highest BCUT2D eigenvalue weighted by Gasteiger charge is 2.43. The summed E-state index contributed by atoms with van der Waals surface area (Å²) in [6, 6.07) is 9.80. The van der Waals surface area contributed by atoms with Crippen LogP contribution in [0.1, 0.15) is 54.8 Å². The average molecular weight is 530 g/mol. The van der Waals surface area contributed by atoms with E-state index >= 15 is 0 Å². The molecule has 1 atom stereocenters. The predicted molar refractivity (Wildman–Crippen MR) is 133 cm³/mol. The molecule has 174 valence electrons. The molecular weight excluding hydrogens is 502 g/mol. The van der Waals surface area contributed by atoms with Crippen molar-refractivity contribution in [1.82, 2.24) is 5.32 Å². The lowest BCUT2D eigenvalue weighted by atomic mass is 9.70. The van der Waals surface area contributed by atoms with Crippen LogP contribution < -0.4 is 10.1 Å². The number of allylic oxidation sites excluding steroid dienone is 3. The number of ketones is 1. The van der Waals surface area contributed by atoms with E-state index in [0.717, 1.165) is 43.4 Å². The van der Waals surface area contributed by atoms with Crippen molar-refractivity contribution in [2.75, 3.05) is 7.11 Å². The maximum atomic E-state index is 13.3. The SMILES string of the molecule is COC(=O)C1=C(C)NC2=C(C(=O)CC(C)(C)C2)[C@@H]1c1cc(COc2ccccc2Br)c(C)s1. The first-order chi connectivity index (χ1) is 15.6. The molecule has 4 rings (SSSR count). The molecule has 0 bridgehead atoms. The fraction of sp³-hybridized carbons (Fsp3) is 0.385. The van der Waals surface area contributed by atoms with Gasteiger partial charge in [-0.3, -0.25) is 4.79 Å². The number of thiophene rings is 1. The molecule has 7 heteroatoms. The van der Waals surface area contributed by atoms with Crippen LogP contribution in [0.5, 0.6) is 5.75 Å². The summed E-state index contributed by atoms with van der Waals surface area (Å²) >= 11 is 5.12. The Morgan fingerprint density at radius 2 is 1.97 bits per heavy atom. The number of hydrogen-bond acceptors (Lipinski definition) is 6. The summed E-state index contributed by atoms with van der Waals surface area (Å²) in [5.41, 5.74) is 3.78. The van der Waals surface area contributed by atoms with Gasteiger partial charge in [0.2, 0.25) is 0 Å². The molecule has 0 radical (unpaired) electrons. The van der Waals surface area contributed by atoms with Crippen molar-refractivity contribution in [2.45, 2.75) is 53.1 Å². The molecular formula is C26H28BrNO4S. The van der Waals surface area contributed by atoms with Gasteiger partial charge < -0.3 is 14.8 Å². The van der Waals surface area contributed by atoms with Gasteiger partial charge in [-0.25, -0.2) is 4.79 Å². The zero-order valence-corrected chi connectivity index (χ0v) is 21.9. The zero-order valence-electron chi connectivity index (χ0n) is 19.5. The monoisotopic (exact) mass is 529 g/mol. The normalized spacial score (nSPS) is 19.8. The Hall–Kier alpha value is -2.38. The Balaban J connectivity index is 1.74. The number of para-hydroxylation sites is 1. The van der Waals surface area contributed by atoms with Gasteiger partial charge in [-0.15, -0.1) is 11.3 Å². The first-order valence-corrected chi connectivity index (χ1v) is 12.5. The lowest BCUT2D eigenvalue weighted by Gasteiger charge is -2.39. The zero-order chi connectivity index (χ0) is 23.9. The van der Waals surface area contributed by atoms with Gasteiger partial charge in [0.1, 0.15) is 12.4 Å². The number of halogens is 1. The van der Waals surface area contributed by atoms with Crippen LogP contribution in [0.15, 0.2) is 57.3 Å². The summed E-state index contributed by atoms with van der Waals surface area (Å²) in [6.07, 6.45) is 1.22. The van der Waals surface area contributed by atoms with Crippen molar-refractivity contribution in [3.63, 3.8) is 0 Å². The van der Waals surface area contributed by atoms with Gasteiger partial charge in [-0.05, 0) is 59.8 Å². The summed E-state index contributed by atoms with van der Waals surface area (Å²) in [6.45, 7) is 8.54. The molecule has 0 saturated heterocycles. The molecule has 1 N–H and O–H groups in total. The number of ether oxygens (including phenoxy) is 2.